The molecule has 1 atom stereocenters. The van der Waals surface area contributed by atoms with E-state index in [4.69, 9.17) is 0 Å². The fraction of sp³-hybridized carbons (Fsp3) is 0.833. The van der Waals surface area contributed by atoms with Crippen LogP contribution in [0.1, 0.15) is 13.8 Å². The van der Waals surface area contributed by atoms with Gasteiger partial charge in [-0.05, 0) is 13.8 Å². The molecule has 0 aliphatic heterocycles. The Morgan fingerprint density at radius 3 is 1.75 bits per heavy atom. The minimum atomic E-state index is -6.83. The zero-order chi connectivity index (χ0) is 13.4. The van der Waals surface area contributed by atoms with Crippen molar-refractivity contribution in [3.05, 3.63) is 0 Å². The van der Waals surface area contributed by atoms with Gasteiger partial charge in [0.1, 0.15) is 0 Å². The Morgan fingerprint density at radius 1 is 1.19 bits per heavy atom. The third kappa shape index (κ3) is 2.60. The van der Waals surface area contributed by atoms with E-state index in [1.165, 1.54) is 0 Å². The topological polar surface area (TPSA) is 60.4 Å². The molecule has 96 valence electrons. The summed E-state index contributed by atoms with van der Waals surface area (Å²) in [5.41, 5.74) is 0. The van der Waals surface area contributed by atoms with Gasteiger partial charge in [0.25, 0.3) is 0 Å². The maximum absolute atomic E-state index is 13.0. The van der Waals surface area contributed by atoms with Gasteiger partial charge in [-0.2, -0.15) is 21.6 Å². The minimum absolute atomic E-state index is 1.04. The summed E-state index contributed by atoms with van der Waals surface area (Å²) >= 11 is 0. The molecule has 0 aromatic rings. The van der Waals surface area contributed by atoms with Crippen LogP contribution in [0.4, 0.5) is 21.4 Å². The van der Waals surface area contributed by atoms with Crippen LogP contribution < -0.4 is 0 Å². The second-order valence-electron chi connectivity index (χ2n) is 2.98. The van der Waals surface area contributed by atoms with Crippen LogP contribution in [0.5, 0.6) is 0 Å². The van der Waals surface area contributed by atoms with Gasteiger partial charge >= 0.3 is 27.4 Å². The molecule has 0 fully saturated rings. The average molecular weight is 270 g/mol. The number of hydrogen-bond donors (Lipinski definition) is 0. The van der Waals surface area contributed by atoms with Gasteiger partial charge in [0, 0.05) is 0 Å². The zero-order valence-corrected chi connectivity index (χ0v) is 8.82. The van der Waals surface area contributed by atoms with Gasteiger partial charge in [-0.15, -0.1) is 3.89 Å². The fourth-order valence-corrected chi connectivity index (χ4v) is 1.17. The van der Waals surface area contributed by atoms with Crippen molar-refractivity contribution in [2.75, 3.05) is 0 Å². The molecule has 0 saturated carbocycles. The summed E-state index contributed by atoms with van der Waals surface area (Å²) in [5, 5.41) is -5.69. The van der Waals surface area contributed by atoms with Crippen LogP contribution in [0.3, 0.4) is 0 Å². The van der Waals surface area contributed by atoms with E-state index in [0.29, 0.717) is 0 Å². The highest BCUT2D eigenvalue weighted by atomic mass is 32.3. The standard InChI is InChI=1S/C6H7F5O4S/c1-3(2)15-4(12)5(7,6(8,9)10)16(11,13)14/h3H,1-2H3. The zero-order valence-electron chi connectivity index (χ0n) is 8.01. The Morgan fingerprint density at radius 2 is 1.56 bits per heavy atom. The number of hydrogen-bond acceptors (Lipinski definition) is 4. The first-order valence-corrected chi connectivity index (χ1v) is 5.13. The van der Waals surface area contributed by atoms with Gasteiger partial charge in [0.2, 0.25) is 0 Å². The van der Waals surface area contributed by atoms with Gasteiger partial charge in [-0.3, -0.25) is 0 Å². The maximum Gasteiger partial charge on any atom is 0.451 e. The van der Waals surface area contributed by atoms with E-state index in [2.05, 4.69) is 4.74 Å². The molecule has 0 aromatic carbocycles. The van der Waals surface area contributed by atoms with Crippen molar-refractivity contribution in [3.63, 3.8) is 0 Å². The number of halogens is 5. The first-order chi connectivity index (χ1) is 6.84. The van der Waals surface area contributed by atoms with Gasteiger partial charge in [0.05, 0.1) is 6.10 Å². The molecule has 0 N–H and O–H groups in total. The Balaban J connectivity index is 5.55. The van der Waals surface area contributed by atoms with Crippen molar-refractivity contribution in [2.45, 2.75) is 31.1 Å². The molecule has 0 aromatic heterocycles. The quantitative estimate of drug-likeness (QED) is 0.442. The van der Waals surface area contributed by atoms with Gasteiger partial charge in [0.15, 0.2) is 0 Å². The number of carbonyl (C=O) groups excluding carboxylic acids is 1. The summed E-state index contributed by atoms with van der Waals surface area (Å²) in [6.07, 6.45) is -7.49. The summed E-state index contributed by atoms with van der Waals surface area (Å²) in [4.78, 5) is 10.6. The Bertz CT molecular complexity index is 373. The average Bonchev–Trinajstić information content (AvgIpc) is 1.96. The predicted octanol–water partition coefficient (Wildman–Crippen LogP) is 1.47. The third-order valence-corrected chi connectivity index (χ3v) is 2.38. The lowest BCUT2D eigenvalue weighted by molar-refractivity contribution is -0.216. The molecule has 0 radical (unpaired) electrons. The third-order valence-electron chi connectivity index (χ3n) is 1.31. The molecule has 16 heavy (non-hydrogen) atoms. The molecule has 0 bridgehead atoms. The van der Waals surface area contributed by atoms with Crippen LogP contribution in [-0.2, 0) is 19.8 Å². The molecule has 1 unspecified atom stereocenters. The molecular formula is C6H7F5O4S. The van der Waals surface area contributed by atoms with E-state index in [9.17, 15) is 34.7 Å². The van der Waals surface area contributed by atoms with E-state index in [1.54, 1.807) is 0 Å². The van der Waals surface area contributed by atoms with Gasteiger partial charge in [-0.1, -0.05) is 0 Å². The lowest BCUT2D eigenvalue weighted by Crippen LogP contribution is -2.54. The van der Waals surface area contributed by atoms with Crippen molar-refractivity contribution in [1.82, 2.24) is 0 Å². The van der Waals surface area contributed by atoms with E-state index < -0.39 is 33.5 Å². The van der Waals surface area contributed by atoms with Crippen molar-refractivity contribution in [2.24, 2.45) is 0 Å². The molecule has 0 aliphatic rings. The number of alkyl halides is 4. The van der Waals surface area contributed by atoms with Crippen LogP contribution in [0.25, 0.3) is 0 Å². The second-order valence-corrected chi connectivity index (χ2v) is 4.42. The monoisotopic (exact) mass is 270 g/mol. The van der Waals surface area contributed by atoms with Gasteiger partial charge < -0.3 is 4.74 Å². The highest BCUT2D eigenvalue weighted by Crippen LogP contribution is 2.40. The van der Waals surface area contributed by atoms with Crippen molar-refractivity contribution >= 4 is 16.2 Å². The van der Waals surface area contributed by atoms with Crippen LogP contribution >= 0.6 is 0 Å². The molecule has 0 aliphatic carbocycles. The van der Waals surface area contributed by atoms with Crippen molar-refractivity contribution in [1.29, 1.82) is 0 Å². The molecule has 0 heterocycles. The Labute approximate surface area is 87.6 Å². The maximum atomic E-state index is 13.0. The Hall–Kier alpha value is -0.930. The number of carbonyl (C=O) groups is 1. The van der Waals surface area contributed by atoms with Crippen LogP contribution in [0, 0.1) is 0 Å². The minimum Gasteiger partial charge on any atom is -0.459 e. The summed E-state index contributed by atoms with van der Waals surface area (Å²) in [5.74, 6) is -2.85. The van der Waals surface area contributed by atoms with E-state index >= 15 is 0 Å². The molecule has 0 rings (SSSR count). The second kappa shape index (κ2) is 4.15. The molecule has 0 saturated heterocycles. The molecular weight excluding hydrogens is 263 g/mol. The van der Waals surface area contributed by atoms with Gasteiger partial charge in [-0.25, -0.2) is 9.18 Å². The predicted molar refractivity (Wildman–Crippen MR) is 41.1 cm³/mol. The lowest BCUT2D eigenvalue weighted by atomic mass is 10.3. The molecule has 10 heteroatoms. The van der Waals surface area contributed by atoms with E-state index in [1.807, 2.05) is 0 Å². The Kier molecular flexibility index (Phi) is 3.91. The van der Waals surface area contributed by atoms with Crippen LogP contribution in [0.15, 0.2) is 0 Å². The highest BCUT2D eigenvalue weighted by molar-refractivity contribution is 7.88. The number of rotatable bonds is 3. The fourth-order valence-electron chi connectivity index (χ4n) is 0.643. The smallest absolute Gasteiger partial charge is 0.451 e. The van der Waals surface area contributed by atoms with Crippen LogP contribution in [0.2, 0.25) is 0 Å². The first-order valence-electron chi connectivity index (χ1n) is 3.75. The van der Waals surface area contributed by atoms with E-state index in [-0.39, 0.29) is 0 Å². The largest absolute Gasteiger partial charge is 0.459 e. The number of ether oxygens (including phenoxy) is 1. The first kappa shape index (κ1) is 15.1. The molecule has 4 nitrogen and oxygen atoms in total. The lowest BCUT2D eigenvalue weighted by Gasteiger charge is -2.22. The highest BCUT2D eigenvalue weighted by Gasteiger charge is 2.73. The van der Waals surface area contributed by atoms with E-state index in [0.717, 1.165) is 13.8 Å². The number of esters is 1. The molecule has 0 amide bonds. The van der Waals surface area contributed by atoms with Crippen LogP contribution in [-0.4, -0.2) is 31.7 Å². The SMILES string of the molecule is CC(C)OC(=O)C(F)(C(F)(F)F)S(=O)(=O)F. The van der Waals surface area contributed by atoms with Crippen molar-refractivity contribution in [3.8, 4) is 0 Å². The molecule has 0 spiro atoms. The summed E-state index contributed by atoms with van der Waals surface area (Å²) in [6, 6.07) is 0. The normalized spacial score (nSPS) is 17.0. The van der Waals surface area contributed by atoms with Crippen molar-refractivity contribution < 1.29 is 39.4 Å². The summed E-state index contributed by atoms with van der Waals surface area (Å²) < 4.78 is 85.1. The summed E-state index contributed by atoms with van der Waals surface area (Å²) in [6.45, 7) is 2.08. The summed E-state index contributed by atoms with van der Waals surface area (Å²) in [7, 11) is -6.83.